The van der Waals surface area contributed by atoms with E-state index in [4.69, 9.17) is 5.84 Å². The van der Waals surface area contributed by atoms with Crippen LogP contribution in [0.25, 0.3) is 5.70 Å². The van der Waals surface area contributed by atoms with Gasteiger partial charge in [-0.3, -0.25) is 25.0 Å². The molecular weight excluding hydrogens is 456 g/mol. The molecule has 0 radical (unpaired) electrons. The van der Waals surface area contributed by atoms with E-state index in [2.05, 4.69) is 32.6 Å². The van der Waals surface area contributed by atoms with E-state index in [1.807, 2.05) is 23.2 Å². The van der Waals surface area contributed by atoms with Crippen molar-refractivity contribution in [1.29, 1.82) is 0 Å². The highest BCUT2D eigenvalue weighted by molar-refractivity contribution is 6.04. The van der Waals surface area contributed by atoms with Crippen molar-refractivity contribution < 1.29 is 9.59 Å². The van der Waals surface area contributed by atoms with Crippen LogP contribution in [0.15, 0.2) is 71.2 Å². The summed E-state index contributed by atoms with van der Waals surface area (Å²) in [5.74, 6) is 11.7. The van der Waals surface area contributed by atoms with Gasteiger partial charge in [-0.25, -0.2) is 15.8 Å². The standard InChI is InChI=1S/C26H26N8O2/c1-2-6-23(35)32-14-5-7-20(16-32)34-21-15-28-17-33(27)25(21)24(31-34)18-9-11-19(12-10-18)26(36)30-22-8-3-4-13-29-22/h3-4,8-13,15,17,20,31H,5,7,14,16,27H2,1H3,(H,29,30,36)/t20-/m1/s1. The number of carbonyl (C=O) groups excluding carboxylic acids is 2. The van der Waals surface area contributed by atoms with Gasteiger partial charge in [0.05, 0.1) is 17.9 Å². The van der Waals surface area contributed by atoms with Crippen LogP contribution in [0.2, 0.25) is 0 Å². The first-order chi connectivity index (χ1) is 17.5. The molecule has 3 aliphatic heterocycles. The lowest BCUT2D eigenvalue weighted by Crippen LogP contribution is -2.51. The highest BCUT2D eigenvalue weighted by atomic mass is 16.2. The average molecular weight is 483 g/mol. The molecule has 0 aliphatic carbocycles. The van der Waals surface area contributed by atoms with Gasteiger partial charge in [-0.2, -0.15) is 0 Å². The van der Waals surface area contributed by atoms with Crippen LogP contribution in [-0.2, 0) is 4.79 Å². The molecule has 0 spiro atoms. The third-order valence-electron chi connectivity index (χ3n) is 6.24. The van der Waals surface area contributed by atoms with Crippen LogP contribution in [0, 0.1) is 11.8 Å². The van der Waals surface area contributed by atoms with E-state index in [1.165, 1.54) is 5.01 Å². The van der Waals surface area contributed by atoms with Crippen LogP contribution >= 0.6 is 0 Å². The number of carbonyl (C=O) groups is 2. The molecule has 1 saturated heterocycles. The number of piperidine rings is 1. The summed E-state index contributed by atoms with van der Waals surface area (Å²) in [5, 5.41) is 6.30. The monoisotopic (exact) mass is 482 g/mol. The first-order valence-electron chi connectivity index (χ1n) is 11.7. The number of likely N-dealkylation sites (tertiary alicyclic amines) is 1. The number of hydrazine groups is 2. The fourth-order valence-electron chi connectivity index (χ4n) is 4.53. The van der Waals surface area contributed by atoms with Crippen LogP contribution in [0.5, 0.6) is 0 Å². The lowest BCUT2D eigenvalue weighted by molar-refractivity contribution is -0.127. The fraction of sp³-hybridized carbons (Fsp3) is 0.231. The number of pyridine rings is 1. The summed E-state index contributed by atoms with van der Waals surface area (Å²) in [6.45, 7) is 2.89. The van der Waals surface area contributed by atoms with Crippen molar-refractivity contribution in [3.63, 3.8) is 0 Å². The van der Waals surface area contributed by atoms with Gasteiger partial charge in [-0.1, -0.05) is 24.1 Å². The number of rotatable bonds is 4. The maximum atomic E-state index is 12.6. The van der Waals surface area contributed by atoms with Gasteiger partial charge in [0.15, 0.2) is 0 Å². The lowest BCUT2D eigenvalue weighted by Gasteiger charge is -2.39. The molecule has 3 aliphatic rings. The predicted octanol–water partition coefficient (Wildman–Crippen LogP) is 1.90. The van der Waals surface area contributed by atoms with E-state index >= 15 is 0 Å². The Bertz CT molecular complexity index is 1320. The van der Waals surface area contributed by atoms with Gasteiger partial charge in [0.2, 0.25) is 0 Å². The van der Waals surface area contributed by atoms with E-state index in [9.17, 15) is 9.59 Å². The molecule has 36 heavy (non-hydrogen) atoms. The number of aromatic nitrogens is 1. The van der Waals surface area contributed by atoms with Gasteiger partial charge >= 0.3 is 0 Å². The number of fused-ring (bicyclic) bond motifs is 1. The third-order valence-corrected chi connectivity index (χ3v) is 6.24. The predicted molar refractivity (Wildman–Crippen MR) is 136 cm³/mol. The topological polar surface area (TPSA) is 119 Å². The Morgan fingerprint density at radius 1 is 1.19 bits per heavy atom. The number of hydrogen-bond acceptors (Lipinski definition) is 8. The number of nitrogens with zero attached hydrogens (tertiary/aromatic N) is 5. The van der Waals surface area contributed by atoms with Crippen LogP contribution in [-0.4, -0.2) is 57.2 Å². The SMILES string of the molecule is CC#CC(=O)N1CCC[C@@H](N2NC(c3ccc(C(=O)Nc4ccccn4)cc3)=C3C2=CN=CN3N)C1. The van der Waals surface area contributed by atoms with Crippen molar-refractivity contribution >= 4 is 29.7 Å². The van der Waals surface area contributed by atoms with E-state index in [0.717, 1.165) is 35.5 Å². The molecule has 2 aromatic rings. The summed E-state index contributed by atoms with van der Waals surface area (Å²) < 4.78 is 0. The molecule has 1 aromatic carbocycles. The fourth-order valence-corrected chi connectivity index (χ4v) is 4.53. The Morgan fingerprint density at radius 3 is 2.78 bits per heavy atom. The van der Waals surface area contributed by atoms with Crippen molar-refractivity contribution in [3.8, 4) is 11.8 Å². The van der Waals surface area contributed by atoms with Crippen LogP contribution in [0.4, 0.5) is 5.82 Å². The maximum absolute atomic E-state index is 12.6. The molecule has 182 valence electrons. The Hall–Kier alpha value is -4.62. The summed E-state index contributed by atoms with van der Waals surface area (Å²) in [5.41, 5.74) is 7.25. The maximum Gasteiger partial charge on any atom is 0.298 e. The lowest BCUT2D eigenvalue weighted by atomic mass is 10.0. The van der Waals surface area contributed by atoms with Crippen molar-refractivity contribution in [3.05, 3.63) is 77.4 Å². The molecule has 4 heterocycles. The molecule has 0 bridgehead atoms. The Labute approximate surface area is 209 Å². The van der Waals surface area contributed by atoms with E-state index in [0.29, 0.717) is 24.5 Å². The second-order valence-electron chi connectivity index (χ2n) is 8.56. The Morgan fingerprint density at radius 2 is 2.03 bits per heavy atom. The summed E-state index contributed by atoms with van der Waals surface area (Å²) in [6.07, 6.45) is 6.70. The minimum Gasteiger partial charge on any atom is -0.330 e. The number of benzene rings is 1. The molecule has 1 fully saturated rings. The minimum absolute atomic E-state index is 0.0187. The van der Waals surface area contributed by atoms with E-state index < -0.39 is 0 Å². The second kappa shape index (κ2) is 9.93. The summed E-state index contributed by atoms with van der Waals surface area (Å²) >= 11 is 0. The highest BCUT2D eigenvalue weighted by Gasteiger charge is 2.38. The first-order valence-corrected chi connectivity index (χ1v) is 11.7. The van der Waals surface area contributed by atoms with Crippen molar-refractivity contribution in [2.24, 2.45) is 10.8 Å². The second-order valence-corrected chi connectivity index (χ2v) is 8.56. The number of amides is 2. The quantitative estimate of drug-likeness (QED) is 0.450. The number of hydrogen-bond donors (Lipinski definition) is 3. The van der Waals surface area contributed by atoms with Crippen molar-refractivity contribution in [2.75, 3.05) is 18.4 Å². The zero-order valence-corrected chi connectivity index (χ0v) is 19.8. The van der Waals surface area contributed by atoms with Crippen LogP contribution in [0.3, 0.4) is 0 Å². The average Bonchev–Trinajstić information content (AvgIpc) is 3.31. The third kappa shape index (κ3) is 4.52. The van der Waals surface area contributed by atoms with Crippen molar-refractivity contribution in [2.45, 2.75) is 25.8 Å². The largest absolute Gasteiger partial charge is 0.330 e. The zero-order valence-electron chi connectivity index (χ0n) is 19.8. The normalized spacial score (nSPS) is 18.7. The number of anilines is 1. The first kappa shape index (κ1) is 23.1. The molecule has 5 rings (SSSR count). The molecule has 10 nitrogen and oxygen atoms in total. The van der Waals surface area contributed by atoms with Gasteiger partial charge in [-0.15, -0.1) is 0 Å². The van der Waals surface area contributed by atoms with Gasteiger partial charge in [0, 0.05) is 30.4 Å². The molecular formula is C26H26N8O2. The molecule has 1 aromatic heterocycles. The number of aliphatic imine (C=N–C) groups is 1. The van der Waals surface area contributed by atoms with E-state index in [1.54, 1.807) is 54.8 Å². The Balaban J connectivity index is 1.37. The molecule has 10 heteroatoms. The van der Waals surface area contributed by atoms with Gasteiger partial charge < -0.3 is 10.2 Å². The Kier molecular flexibility index (Phi) is 6.38. The summed E-state index contributed by atoms with van der Waals surface area (Å²) in [4.78, 5) is 35.2. The van der Waals surface area contributed by atoms with Crippen LogP contribution in [0.1, 0.15) is 35.7 Å². The number of nitrogens with one attached hydrogen (secondary N) is 2. The van der Waals surface area contributed by atoms with E-state index in [-0.39, 0.29) is 17.9 Å². The summed E-state index contributed by atoms with van der Waals surface area (Å²) in [6, 6.07) is 12.6. The smallest absolute Gasteiger partial charge is 0.298 e. The van der Waals surface area contributed by atoms with Crippen molar-refractivity contribution in [1.82, 2.24) is 25.3 Å². The molecule has 1 atom stereocenters. The highest BCUT2D eigenvalue weighted by Crippen LogP contribution is 2.36. The minimum atomic E-state index is -0.244. The summed E-state index contributed by atoms with van der Waals surface area (Å²) in [7, 11) is 0. The van der Waals surface area contributed by atoms with Crippen LogP contribution < -0.4 is 16.6 Å². The van der Waals surface area contributed by atoms with Gasteiger partial charge in [0.1, 0.15) is 23.6 Å². The molecule has 0 unspecified atom stereocenters. The molecule has 0 saturated carbocycles. The van der Waals surface area contributed by atoms with Gasteiger partial charge in [-0.05, 0) is 50.0 Å². The number of nitrogens with two attached hydrogens (primary N) is 1. The van der Waals surface area contributed by atoms with Gasteiger partial charge in [0.25, 0.3) is 11.8 Å². The zero-order chi connectivity index (χ0) is 25.1. The molecule has 2 amide bonds. The molecule has 4 N–H and O–H groups in total.